The highest BCUT2D eigenvalue weighted by molar-refractivity contribution is 5.98. The lowest BCUT2D eigenvalue weighted by Gasteiger charge is -2.35. The molecule has 0 bridgehead atoms. The minimum absolute atomic E-state index is 0.0428. The molecular formula is C22H30F3N3O6. The van der Waals surface area contributed by atoms with Crippen LogP contribution in [0, 0.1) is 6.92 Å². The molecule has 12 heteroatoms. The number of alkyl halides is 3. The van der Waals surface area contributed by atoms with Gasteiger partial charge < -0.3 is 19.1 Å². The van der Waals surface area contributed by atoms with Crippen molar-refractivity contribution < 1.29 is 41.9 Å². The standard InChI is InChI=1S/C22H30F3N3O6/c1-15-8-9-18(11-20(15)34-28(21(30)31-4)14-32-17(3)29)16(2)26-33-12-19-7-5-6-10-27(19)13-22(23,24)25/h8-9,11,19H,5-7,10,12-14H2,1-4H3/b26-16+. The van der Waals surface area contributed by atoms with Crippen LogP contribution >= 0.6 is 0 Å². The Hall–Kier alpha value is -3.02. The number of piperidine rings is 1. The van der Waals surface area contributed by atoms with Crippen molar-refractivity contribution in [2.75, 3.05) is 33.5 Å². The van der Waals surface area contributed by atoms with Crippen molar-refractivity contribution in [2.45, 2.75) is 52.3 Å². The van der Waals surface area contributed by atoms with Crippen LogP contribution in [0.3, 0.4) is 0 Å². The monoisotopic (exact) mass is 489 g/mol. The lowest BCUT2D eigenvalue weighted by molar-refractivity contribution is -0.159. The lowest BCUT2D eigenvalue weighted by Crippen LogP contribution is -2.46. The fourth-order valence-corrected chi connectivity index (χ4v) is 3.37. The number of hydroxylamine groups is 2. The number of rotatable bonds is 9. The third-order valence-electron chi connectivity index (χ3n) is 5.18. The van der Waals surface area contributed by atoms with Crippen molar-refractivity contribution in [3.8, 4) is 5.75 Å². The molecular weight excluding hydrogens is 459 g/mol. The van der Waals surface area contributed by atoms with Gasteiger partial charge in [0.05, 0.1) is 19.4 Å². The molecule has 0 aromatic heterocycles. The number of hydrogen-bond donors (Lipinski definition) is 0. The van der Waals surface area contributed by atoms with Crippen molar-refractivity contribution in [3.05, 3.63) is 29.3 Å². The van der Waals surface area contributed by atoms with Gasteiger partial charge in [-0.2, -0.15) is 13.2 Å². The van der Waals surface area contributed by atoms with Crippen LogP contribution in [-0.4, -0.2) is 73.5 Å². The fourth-order valence-electron chi connectivity index (χ4n) is 3.37. The molecule has 1 amide bonds. The molecule has 0 N–H and O–H groups in total. The van der Waals surface area contributed by atoms with Gasteiger partial charge in [0, 0.05) is 18.5 Å². The van der Waals surface area contributed by atoms with Crippen molar-refractivity contribution in [1.29, 1.82) is 0 Å². The number of aryl methyl sites for hydroxylation is 1. The molecule has 1 unspecified atom stereocenters. The van der Waals surface area contributed by atoms with Gasteiger partial charge in [0.2, 0.25) is 6.73 Å². The molecule has 1 saturated heterocycles. The Morgan fingerprint density at radius 1 is 1.24 bits per heavy atom. The summed E-state index contributed by atoms with van der Waals surface area (Å²) in [4.78, 5) is 35.4. The summed E-state index contributed by atoms with van der Waals surface area (Å²) in [7, 11) is 1.16. The Bertz CT molecular complexity index is 878. The number of ether oxygens (including phenoxy) is 2. The third-order valence-corrected chi connectivity index (χ3v) is 5.18. The van der Waals surface area contributed by atoms with E-state index in [0.717, 1.165) is 25.0 Å². The number of amides is 1. The Kier molecular flexibility index (Phi) is 9.97. The Labute approximate surface area is 196 Å². The number of carbonyl (C=O) groups is 2. The first kappa shape index (κ1) is 27.2. The molecule has 0 saturated carbocycles. The number of carbonyl (C=O) groups excluding carboxylic acids is 2. The van der Waals surface area contributed by atoms with E-state index in [1.807, 2.05) is 0 Å². The van der Waals surface area contributed by atoms with E-state index in [1.165, 1.54) is 11.8 Å². The summed E-state index contributed by atoms with van der Waals surface area (Å²) in [5, 5.41) is 4.80. The summed E-state index contributed by atoms with van der Waals surface area (Å²) in [5.74, 6) is -0.317. The van der Waals surface area contributed by atoms with E-state index in [1.54, 1.807) is 32.0 Å². The Morgan fingerprint density at radius 3 is 2.62 bits per heavy atom. The minimum Gasteiger partial charge on any atom is -0.451 e. The minimum atomic E-state index is -4.26. The second-order valence-corrected chi connectivity index (χ2v) is 7.89. The molecule has 2 rings (SSSR count). The number of esters is 1. The molecule has 190 valence electrons. The third kappa shape index (κ3) is 8.73. The Morgan fingerprint density at radius 2 is 1.97 bits per heavy atom. The van der Waals surface area contributed by atoms with Crippen LogP contribution in [0.5, 0.6) is 5.75 Å². The van der Waals surface area contributed by atoms with E-state index in [2.05, 4.69) is 9.89 Å². The van der Waals surface area contributed by atoms with Gasteiger partial charge in [0.1, 0.15) is 6.61 Å². The zero-order valence-electron chi connectivity index (χ0n) is 19.7. The molecule has 1 aliphatic heterocycles. The number of halogens is 3. The first-order chi connectivity index (χ1) is 16.0. The fraction of sp³-hybridized carbons (Fsp3) is 0.591. The average molecular weight is 489 g/mol. The molecule has 0 spiro atoms. The van der Waals surface area contributed by atoms with Gasteiger partial charge in [-0.05, 0) is 44.9 Å². The second kappa shape index (κ2) is 12.4. The normalized spacial score (nSPS) is 17.1. The molecule has 0 aliphatic carbocycles. The second-order valence-electron chi connectivity index (χ2n) is 7.89. The van der Waals surface area contributed by atoms with Crippen molar-refractivity contribution in [3.63, 3.8) is 0 Å². The van der Waals surface area contributed by atoms with Gasteiger partial charge in [0.15, 0.2) is 5.75 Å². The maximum absolute atomic E-state index is 12.8. The predicted octanol–water partition coefficient (Wildman–Crippen LogP) is 4.04. The summed E-state index contributed by atoms with van der Waals surface area (Å²) in [6.07, 6.45) is -2.95. The number of hydrogen-bond acceptors (Lipinski definition) is 8. The van der Waals surface area contributed by atoms with Crippen LogP contribution in [-0.2, 0) is 19.1 Å². The number of likely N-dealkylation sites (tertiary alicyclic amines) is 1. The highest BCUT2D eigenvalue weighted by Crippen LogP contribution is 2.24. The van der Waals surface area contributed by atoms with Crippen LogP contribution < -0.4 is 4.84 Å². The molecule has 0 radical (unpaired) electrons. The largest absolute Gasteiger partial charge is 0.451 e. The maximum atomic E-state index is 12.8. The highest BCUT2D eigenvalue weighted by atomic mass is 19.4. The molecule has 1 fully saturated rings. The van der Waals surface area contributed by atoms with Crippen molar-refractivity contribution >= 4 is 17.8 Å². The van der Waals surface area contributed by atoms with Crippen LogP contribution in [0.4, 0.5) is 18.0 Å². The number of methoxy groups -OCH3 is 1. The number of benzene rings is 1. The van der Waals surface area contributed by atoms with Gasteiger partial charge in [0.25, 0.3) is 0 Å². The quantitative estimate of drug-likeness (QED) is 0.224. The van der Waals surface area contributed by atoms with Gasteiger partial charge in [-0.1, -0.05) is 23.7 Å². The zero-order chi connectivity index (χ0) is 25.3. The van der Waals surface area contributed by atoms with E-state index < -0.39 is 31.5 Å². The number of nitrogens with zero attached hydrogens (tertiary/aromatic N) is 3. The van der Waals surface area contributed by atoms with Crippen LogP contribution in [0.1, 0.15) is 44.2 Å². The van der Waals surface area contributed by atoms with E-state index in [-0.39, 0.29) is 18.4 Å². The van der Waals surface area contributed by atoms with Crippen molar-refractivity contribution in [2.24, 2.45) is 5.16 Å². The van der Waals surface area contributed by atoms with Crippen LogP contribution in [0.15, 0.2) is 23.4 Å². The van der Waals surface area contributed by atoms with Crippen LogP contribution in [0.2, 0.25) is 0 Å². The first-order valence-electron chi connectivity index (χ1n) is 10.8. The van der Waals surface area contributed by atoms with Gasteiger partial charge in [-0.15, -0.1) is 5.06 Å². The SMILES string of the molecule is COC(=O)N(COC(C)=O)Oc1cc(/C(C)=N/OCC2CCCCN2CC(F)(F)F)ccc1C. The van der Waals surface area contributed by atoms with E-state index in [4.69, 9.17) is 14.4 Å². The van der Waals surface area contributed by atoms with Gasteiger partial charge in [-0.3, -0.25) is 9.69 Å². The highest BCUT2D eigenvalue weighted by Gasteiger charge is 2.35. The van der Waals surface area contributed by atoms with Crippen LogP contribution in [0.25, 0.3) is 0 Å². The summed E-state index contributed by atoms with van der Waals surface area (Å²) in [5.41, 5.74) is 1.75. The lowest BCUT2D eigenvalue weighted by atomic mass is 10.0. The molecule has 34 heavy (non-hydrogen) atoms. The molecule has 1 aromatic rings. The first-order valence-corrected chi connectivity index (χ1v) is 10.8. The smallest absolute Gasteiger partial charge is 0.446 e. The summed E-state index contributed by atoms with van der Waals surface area (Å²) < 4.78 is 47.9. The molecule has 1 aliphatic rings. The maximum Gasteiger partial charge on any atom is 0.446 e. The summed E-state index contributed by atoms with van der Waals surface area (Å²) in [6.45, 7) is 3.60. The molecule has 9 nitrogen and oxygen atoms in total. The zero-order valence-corrected chi connectivity index (χ0v) is 19.7. The molecule has 1 heterocycles. The van der Waals surface area contributed by atoms with Crippen molar-refractivity contribution in [1.82, 2.24) is 9.96 Å². The number of oxime groups is 1. The summed E-state index contributed by atoms with van der Waals surface area (Å²) >= 11 is 0. The molecule has 1 aromatic carbocycles. The summed E-state index contributed by atoms with van der Waals surface area (Å²) in [6, 6.07) is 4.74. The average Bonchev–Trinajstić information content (AvgIpc) is 2.77. The van der Waals surface area contributed by atoms with E-state index >= 15 is 0 Å². The van der Waals surface area contributed by atoms with E-state index in [0.29, 0.717) is 29.8 Å². The van der Waals surface area contributed by atoms with Gasteiger partial charge in [-0.25, -0.2) is 4.79 Å². The van der Waals surface area contributed by atoms with E-state index in [9.17, 15) is 22.8 Å². The predicted molar refractivity (Wildman–Crippen MR) is 116 cm³/mol. The Balaban J connectivity index is 2.06. The topological polar surface area (TPSA) is 89.9 Å². The van der Waals surface area contributed by atoms with Gasteiger partial charge >= 0.3 is 18.2 Å². The molecule has 1 atom stereocenters.